The minimum absolute atomic E-state index is 0.0982. The predicted octanol–water partition coefficient (Wildman–Crippen LogP) is 1.39. The summed E-state index contributed by atoms with van der Waals surface area (Å²) in [4.78, 5) is 16.8. The maximum absolute atomic E-state index is 13.4. The van der Waals surface area contributed by atoms with Crippen molar-refractivity contribution in [1.82, 2.24) is 14.1 Å². The second-order valence-electron chi connectivity index (χ2n) is 8.13. The van der Waals surface area contributed by atoms with Crippen molar-refractivity contribution in [2.45, 2.75) is 39.5 Å². The molecule has 0 aromatic heterocycles. The summed E-state index contributed by atoms with van der Waals surface area (Å²) >= 11 is 0. The molecule has 0 spiro atoms. The van der Waals surface area contributed by atoms with E-state index in [0.29, 0.717) is 63.9 Å². The van der Waals surface area contributed by atoms with Crippen molar-refractivity contribution in [1.29, 1.82) is 0 Å². The third kappa shape index (κ3) is 4.35. The van der Waals surface area contributed by atoms with E-state index in [1.807, 2.05) is 39.5 Å². The number of hydrogen-bond donors (Lipinski definition) is 0. The topological polar surface area (TPSA) is 70.2 Å². The molecule has 3 rings (SSSR count). The van der Waals surface area contributed by atoms with Gasteiger partial charge in [-0.05, 0) is 62.4 Å². The summed E-state index contributed by atoms with van der Waals surface area (Å²) in [5.41, 5.74) is 4.93. The van der Waals surface area contributed by atoms with E-state index in [-0.39, 0.29) is 5.91 Å². The van der Waals surface area contributed by atoms with Gasteiger partial charge < -0.3 is 9.64 Å². The van der Waals surface area contributed by atoms with Gasteiger partial charge >= 0.3 is 0 Å². The first-order valence-electron chi connectivity index (χ1n) is 10.3. The second-order valence-corrected chi connectivity index (χ2v) is 10.0. The van der Waals surface area contributed by atoms with Crippen LogP contribution in [-0.4, -0.2) is 87.5 Å². The van der Waals surface area contributed by atoms with Gasteiger partial charge in [0.05, 0.1) is 24.7 Å². The molecule has 1 aromatic rings. The first-order valence-corrected chi connectivity index (χ1v) is 11.7. The number of amides is 1. The fourth-order valence-corrected chi connectivity index (χ4v) is 6.20. The number of morpholine rings is 1. The van der Waals surface area contributed by atoms with Crippen LogP contribution >= 0.6 is 0 Å². The van der Waals surface area contributed by atoms with Crippen molar-refractivity contribution in [2.75, 3.05) is 59.0 Å². The van der Waals surface area contributed by atoms with Gasteiger partial charge in [-0.1, -0.05) is 0 Å². The summed E-state index contributed by atoms with van der Waals surface area (Å²) in [6, 6.07) is 0. The van der Waals surface area contributed by atoms with E-state index in [4.69, 9.17) is 4.74 Å². The first-order chi connectivity index (χ1) is 13.6. The Morgan fingerprint density at radius 2 is 1.28 bits per heavy atom. The van der Waals surface area contributed by atoms with Crippen LogP contribution in [0.4, 0.5) is 0 Å². The molecule has 7 nitrogen and oxygen atoms in total. The van der Waals surface area contributed by atoms with Gasteiger partial charge in [0.25, 0.3) is 0 Å². The monoisotopic (exact) mass is 423 g/mol. The molecule has 2 saturated heterocycles. The van der Waals surface area contributed by atoms with E-state index in [1.54, 1.807) is 4.31 Å². The van der Waals surface area contributed by atoms with Crippen LogP contribution in [0.15, 0.2) is 4.90 Å². The largest absolute Gasteiger partial charge is 0.378 e. The van der Waals surface area contributed by atoms with E-state index in [1.165, 1.54) is 0 Å². The summed E-state index contributed by atoms with van der Waals surface area (Å²) in [5.74, 6) is 0.0982. The standard InChI is InChI=1S/C21H33N3O4S/c1-15-16(2)18(4)21(19(5)17(15)3)29(26,27)24-8-6-22(7-9-24)14-20(25)23-10-12-28-13-11-23/h6-14H2,1-5H3. The lowest BCUT2D eigenvalue weighted by atomic mass is 9.95. The molecule has 0 atom stereocenters. The van der Waals surface area contributed by atoms with Crippen molar-refractivity contribution in [2.24, 2.45) is 0 Å². The number of piperazine rings is 1. The van der Waals surface area contributed by atoms with Crippen LogP contribution in [0, 0.1) is 34.6 Å². The lowest BCUT2D eigenvalue weighted by molar-refractivity contribution is -0.136. The third-order valence-electron chi connectivity index (χ3n) is 6.58. The van der Waals surface area contributed by atoms with Gasteiger partial charge in [-0.3, -0.25) is 9.69 Å². The maximum Gasteiger partial charge on any atom is 0.243 e. The molecule has 1 amide bonds. The first kappa shape index (κ1) is 22.2. The van der Waals surface area contributed by atoms with E-state index < -0.39 is 10.0 Å². The normalized spacial score (nSPS) is 19.6. The quantitative estimate of drug-likeness (QED) is 0.732. The molecule has 0 saturated carbocycles. The zero-order chi connectivity index (χ0) is 21.3. The molecule has 8 heteroatoms. The highest BCUT2D eigenvalue weighted by atomic mass is 32.2. The summed E-state index contributed by atoms with van der Waals surface area (Å²) in [6.07, 6.45) is 0. The van der Waals surface area contributed by atoms with Crippen molar-refractivity contribution in [3.8, 4) is 0 Å². The molecular weight excluding hydrogens is 390 g/mol. The number of carbonyl (C=O) groups is 1. The molecule has 0 bridgehead atoms. The van der Waals surface area contributed by atoms with Gasteiger partial charge in [-0.15, -0.1) is 0 Å². The summed E-state index contributed by atoms with van der Waals surface area (Å²) in [7, 11) is -3.56. The lowest BCUT2D eigenvalue weighted by Crippen LogP contribution is -2.52. The van der Waals surface area contributed by atoms with Crippen molar-refractivity contribution in [3.63, 3.8) is 0 Å². The van der Waals surface area contributed by atoms with Gasteiger partial charge in [0.15, 0.2) is 0 Å². The number of ether oxygens (including phenoxy) is 1. The van der Waals surface area contributed by atoms with Gasteiger partial charge in [-0.2, -0.15) is 4.31 Å². The summed E-state index contributed by atoms with van der Waals surface area (Å²) in [5, 5.41) is 0. The molecule has 0 aliphatic carbocycles. The Morgan fingerprint density at radius 1 is 0.793 bits per heavy atom. The number of hydrogen-bond acceptors (Lipinski definition) is 5. The van der Waals surface area contributed by atoms with Crippen LogP contribution in [-0.2, 0) is 19.6 Å². The molecule has 0 N–H and O–H groups in total. The second kappa shape index (κ2) is 8.71. The Balaban J connectivity index is 1.70. The average molecular weight is 424 g/mol. The van der Waals surface area contributed by atoms with E-state index >= 15 is 0 Å². The Bertz CT molecular complexity index is 855. The van der Waals surface area contributed by atoms with Crippen molar-refractivity contribution in [3.05, 3.63) is 27.8 Å². The van der Waals surface area contributed by atoms with Crippen LogP contribution < -0.4 is 0 Å². The van der Waals surface area contributed by atoms with Crippen LogP contribution in [0.5, 0.6) is 0 Å². The third-order valence-corrected chi connectivity index (χ3v) is 8.76. The highest BCUT2D eigenvalue weighted by Crippen LogP contribution is 2.31. The molecule has 2 aliphatic heterocycles. The molecule has 2 aliphatic rings. The van der Waals surface area contributed by atoms with E-state index in [9.17, 15) is 13.2 Å². The van der Waals surface area contributed by atoms with Gasteiger partial charge in [0.1, 0.15) is 0 Å². The number of sulfonamides is 1. The minimum atomic E-state index is -3.56. The molecule has 162 valence electrons. The van der Waals surface area contributed by atoms with Gasteiger partial charge in [0.2, 0.25) is 15.9 Å². The van der Waals surface area contributed by atoms with E-state index in [2.05, 4.69) is 4.90 Å². The fraction of sp³-hybridized carbons (Fsp3) is 0.667. The number of nitrogens with zero attached hydrogens (tertiary/aromatic N) is 3. The van der Waals surface area contributed by atoms with Crippen molar-refractivity contribution >= 4 is 15.9 Å². The Morgan fingerprint density at radius 3 is 1.79 bits per heavy atom. The predicted molar refractivity (Wildman–Crippen MR) is 113 cm³/mol. The molecule has 2 heterocycles. The zero-order valence-corrected chi connectivity index (χ0v) is 19.1. The smallest absolute Gasteiger partial charge is 0.243 e. The molecule has 0 unspecified atom stereocenters. The number of benzene rings is 1. The average Bonchev–Trinajstić information content (AvgIpc) is 2.72. The lowest BCUT2D eigenvalue weighted by Gasteiger charge is -2.36. The highest BCUT2D eigenvalue weighted by molar-refractivity contribution is 7.89. The van der Waals surface area contributed by atoms with Crippen molar-refractivity contribution < 1.29 is 17.9 Å². The van der Waals surface area contributed by atoms with Crippen LogP contribution in [0.3, 0.4) is 0 Å². The van der Waals surface area contributed by atoms with E-state index in [0.717, 1.165) is 27.8 Å². The minimum Gasteiger partial charge on any atom is -0.378 e. The molecule has 0 radical (unpaired) electrons. The Hall–Kier alpha value is -1.48. The molecule has 1 aromatic carbocycles. The number of rotatable bonds is 4. The Labute approximate surface area is 174 Å². The Kier molecular flexibility index (Phi) is 6.67. The highest BCUT2D eigenvalue weighted by Gasteiger charge is 2.33. The SMILES string of the molecule is Cc1c(C)c(C)c(S(=O)(=O)N2CCN(CC(=O)N3CCOCC3)CC2)c(C)c1C. The molecule has 2 fully saturated rings. The van der Waals surface area contributed by atoms with Crippen LogP contribution in [0.2, 0.25) is 0 Å². The summed E-state index contributed by atoms with van der Waals surface area (Å²) in [6.45, 7) is 14.6. The fourth-order valence-electron chi connectivity index (χ4n) is 4.21. The molecule has 29 heavy (non-hydrogen) atoms. The van der Waals surface area contributed by atoms with Crippen LogP contribution in [0.1, 0.15) is 27.8 Å². The zero-order valence-electron chi connectivity index (χ0n) is 18.2. The maximum atomic E-state index is 13.4. The van der Waals surface area contributed by atoms with Gasteiger partial charge in [0, 0.05) is 39.3 Å². The van der Waals surface area contributed by atoms with Crippen LogP contribution in [0.25, 0.3) is 0 Å². The number of carbonyl (C=O) groups excluding carboxylic acids is 1. The summed E-state index contributed by atoms with van der Waals surface area (Å²) < 4.78 is 33.7. The van der Waals surface area contributed by atoms with Gasteiger partial charge in [-0.25, -0.2) is 8.42 Å². The molecular formula is C21H33N3O4S.